The number of fused-ring (bicyclic) bond motifs is 1. The highest BCUT2D eigenvalue weighted by Gasteiger charge is 2.55. The maximum absolute atomic E-state index is 12.4. The molecule has 0 aromatic carbocycles. The van der Waals surface area contributed by atoms with Gasteiger partial charge in [0.2, 0.25) is 6.29 Å². The summed E-state index contributed by atoms with van der Waals surface area (Å²) in [6.45, 7) is 5.12. The molecule has 10 atom stereocenters. The van der Waals surface area contributed by atoms with Crippen LogP contribution in [-0.4, -0.2) is 107 Å². The molecule has 0 unspecified atom stereocenters. The van der Waals surface area contributed by atoms with E-state index < -0.39 is 73.4 Å². The van der Waals surface area contributed by atoms with Crippen LogP contribution in [0.4, 0.5) is 0 Å². The average molecular weight is 541 g/mol. The van der Waals surface area contributed by atoms with E-state index in [0.29, 0.717) is 12.8 Å². The molecule has 13 heteroatoms. The third kappa shape index (κ3) is 4.67. The van der Waals surface area contributed by atoms with Gasteiger partial charge in [0.05, 0.1) is 43.7 Å². The van der Waals surface area contributed by atoms with Crippen molar-refractivity contribution in [2.75, 3.05) is 19.8 Å². The summed E-state index contributed by atoms with van der Waals surface area (Å²) < 4.78 is 38.9. The fourth-order valence-electron chi connectivity index (χ4n) is 5.53. The summed E-state index contributed by atoms with van der Waals surface area (Å²) in [7, 11) is 0. The minimum Gasteiger partial charge on any atom is -0.471 e. The van der Waals surface area contributed by atoms with Crippen molar-refractivity contribution in [3.8, 4) is 0 Å². The summed E-state index contributed by atoms with van der Waals surface area (Å²) in [4.78, 5) is 24.5. The molecule has 2 saturated heterocycles. The third-order valence-electron chi connectivity index (χ3n) is 7.55. The molecule has 0 radical (unpaired) electrons. The predicted octanol–water partition coefficient (Wildman–Crippen LogP) is -1.07. The summed E-state index contributed by atoms with van der Waals surface area (Å²) in [5, 5.41) is 43.1. The van der Waals surface area contributed by atoms with Crippen molar-refractivity contribution in [2.45, 2.75) is 81.2 Å². The largest absolute Gasteiger partial charge is 0.471 e. The van der Waals surface area contributed by atoms with Crippen LogP contribution in [0.2, 0.25) is 0 Å². The van der Waals surface area contributed by atoms with Gasteiger partial charge in [0.25, 0.3) is 0 Å². The monoisotopic (exact) mass is 540 g/mol. The van der Waals surface area contributed by atoms with Gasteiger partial charge >= 0.3 is 11.9 Å². The molecule has 13 nitrogen and oxygen atoms in total. The number of hydrogen-bond acceptors (Lipinski definition) is 13. The number of esters is 2. The summed E-state index contributed by atoms with van der Waals surface area (Å²) in [6.07, 6.45) is -6.58. The minimum absolute atomic E-state index is 0.0237. The van der Waals surface area contributed by atoms with Gasteiger partial charge in [-0.05, 0) is 18.9 Å². The smallest absolute Gasteiger partial charge is 0.340 e. The lowest BCUT2D eigenvalue weighted by molar-refractivity contribution is -0.357. The molecular formula is C25H32O13. The van der Waals surface area contributed by atoms with Gasteiger partial charge in [-0.3, -0.25) is 0 Å². The summed E-state index contributed by atoms with van der Waals surface area (Å²) in [6, 6.07) is 0. The molecule has 210 valence electrons. The van der Waals surface area contributed by atoms with E-state index in [2.05, 4.69) is 6.58 Å². The van der Waals surface area contributed by atoms with Crippen LogP contribution in [0.5, 0.6) is 0 Å². The summed E-state index contributed by atoms with van der Waals surface area (Å²) in [5.41, 5.74) is -0.732. The van der Waals surface area contributed by atoms with Gasteiger partial charge in [0.1, 0.15) is 35.6 Å². The zero-order valence-electron chi connectivity index (χ0n) is 20.8. The fraction of sp³-hybridized carbons (Fsp3) is 0.680. The molecule has 4 N–H and O–H groups in total. The van der Waals surface area contributed by atoms with Gasteiger partial charge < -0.3 is 53.6 Å². The molecular weight excluding hydrogens is 508 g/mol. The van der Waals surface area contributed by atoms with E-state index >= 15 is 0 Å². The number of rotatable bonds is 6. The molecule has 0 bridgehead atoms. The average Bonchev–Trinajstić information content (AvgIpc) is 2.87. The topological polar surface area (TPSA) is 180 Å². The van der Waals surface area contributed by atoms with Crippen LogP contribution < -0.4 is 0 Å². The van der Waals surface area contributed by atoms with E-state index in [1.807, 2.05) is 6.92 Å². The van der Waals surface area contributed by atoms with E-state index in [1.54, 1.807) is 0 Å². The number of ether oxygens (including phenoxy) is 7. The minimum atomic E-state index is -1.69. The predicted molar refractivity (Wildman–Crippen MR) is 122 cm³/mol. The van der Waals surface area contributed by atoms with Crippen LogP contribution in [-0.2, 0) is 42.7 Å². The molecule has 0 spiro atoms. The number of hydrogen-bond donors (Lipinski definition) is 4. The molecule has 0 aliphatic carbocycles. The Bertz CT molecular complexity index is 1020. The van der Waals surface area contributed by atoms with Gasteiger partial charge in [-0.2, -0.15) is 0 Å². The molecule has 5 heterocycles. The Kier molecular flexibility index (Phi) is 7.64. The Balaban J connectivity index is 1.32. The zero-order chi connectivity index (χ0) is 27.2. The van der Waals surface area contributed by atoms with E-state index in [9.17, 15) is 30.0 Å². The number of aliphatic hydroxyl groups is 4. The van der Waals surface area contributed by atoms with Crippen LogP contribution in [0.3, 0.4) is 0 Å². The van der Waals surface area contributed by atoms with Crippen molar-refractivity contribution in [1.82, 2.24) is 0 Å². The lowest BCUT2D eigenvalue weighted by atomic mass is 9.76. The van der Waals surface area contributed by atoms with E-state index in [1.165, 1.54) is 6.08 Å². The summed E-state index contributed by atoms with van der Waals surface area (Å²) in [5.74, 6) is -2.27. The SMILES string of the molecule is C=C[C@H]1[C@H](O[C@@H]2O[C@H](CO)[C@@H](O[C@@H]3O[C@@H](C)CC4=C3C(=O)OCC4)[C@H](O)[C@H]2O)OC=C2C(=O)OCC[C@]21O. The summed E-state index contributed by atoms with van der Waals surface area (Å²) >= 11 is 0. The second-order valence-electron chi connectivity index (χ2n) is 9.94. The Labute approximate surface area is 218 Å². The Hall–Kier alpha value is -2.36. The van der Waals surface area contributed by atoms with Crippen molar-refractivity contribution < 1.29 is 63.2 Å². The first-order valence-electron chi connectivity index (χ1n) is 12.5. The maximum atomic E-state index is 12.4. The maximum Gasteiger partial charge on any atom is 0.340 e. The van der Waals surface area contributed by atoms with Gasteiger partial charge in [-0.1, -0.05) is 6.08 Å². The van der Waals surface area contributed by atoms with Gasteiger partial charge in [-0.25, -0.2) is 9.59 Å². The lowest BCUT2D eigenvalue weighted by Gasteiger charge is -2.47. The van der Waals surface area contributed by atoms with Gasteiger partial charge in [-0.15, -0.1) is 6.58 Å². The van der Waals surface area contributed by atoms with Crippen molar-refractivity contribution in [3.05, 3.63) is 35.6 Å². The lowest BCUT2D eigenvalue weighted by Crippen LogP contribution is -2.63. The Morgan fingerprint density at radius 3 is 2.61 bits per heavy atom. The molecule has 0 aromatic heterocycles. The van der Waals surface area contributed by atoms with Crippen molar-refractivity contribution in [1.29, 1.82) is 0 Å². The molecule has 5 rings (SSSR count). The van der Waals surface area contributed by atoms with Crippen LogP contribution in [0, 0.1) is 5.92 Å². The fourth-order valence-corrected chi connectivity index (χ4v) is 5.53. The second-order valence-corrected chi connectivity index (χ2v) is 9.94. The number of carbonyl (C=O) groups is 2. The normalized spacial score (nSPS) is 43.2. The van der Waals surface area contributed by atoms with E-state index in [4.69, 9.17) is 33.2 Å². The van der Waals surface area contributed by atoms with Gasteiger partial charge in [0.15, 0.2) is 12.6 Å². The van der Waals surface area contributed by atoms with Crippen LogP contribution >= 0.6 is 0 Å². The second kappa shape index (κ2) is 10.7. The highest BCUT2D eigenvalue weighted by molar-refractivity contribution is 5.92. The van der Waals surface area contributed by atoms with E-state index in [0.717, 1.165) is 11.8 Å². The molecule has 38 heavy (non-hydrogen) atoms. The van der Waals surface area contributed by atoms with Crippen LogP contribution in [0.15, 0.2) is 35.6 Å². The Morgan fingerprint density at radius 2 is 1.87 bits per heavy atom. The molecule has 0 saturated carbocycles. The molecule has 0 amide bonds. The third-order valence-corrected chi connectivity index (χ3v) is 7.55. The molecule has 0 aromatic rings. The number of aliphatic hydroxyl groups excluding tert-OH is 3. The first-order chi connectivity index (χ1) is 18.2. The number of carbonyl (C=O) groups excluding carboxylic acids is 2. The van der Waals surface area contributed by atoms with Crippen molar-refractivity contribution >= 4 is 11.9 Å². The first-order valence-corrected chi connectivity index (χ1v) is 12.5. The first kappa shape index (κ1) is 27.2. The molecule has 5 aliphatic rings. The van der Waals surface area contributed by atoms with Crippen molar-refractivity contribution in [3.63, 3.8) is 0 Å². The standard InChI is InChI=1S/C25H32O13/c1-3-13-22(34-10-14-20(29)33-7-5-25(13,14)31)38-24-18(28)17(27)19(15(9-26)36-24)37-23-16-12(8-11(2)35-23)4-6-32-21(16)30/h3,10-11,13,15,17-19,22-24,26-28,31H,1,4-9H2,2H3/t11-,13-,15+,17+,18+,19+,22-,23-,24-,25+/m0/s1. The van der Waals surface area contributed by atoms with Crippen molar-refractivity contribution in [2.24, 2.45) is 5.92 Å². The number of cyclic esters (lactones) is 2. The van der Waals surface area contributed by atoms with Crippen LogP contribution in [0.1, 0.15) is 26.2 Å². The van der Waals surface area contributed by atoms with Gasteiger partial charge in [0, 0.05) is 12.8 Å². The molecule has 2 fully saturated rings. The molecule has 5 aliphatic heterocycles. The zero-order valence-corrected chi connectivity index (χ0v) is 20.8. The van der Waals surface area contributed by atoms with Crippen LogP contribution in [0.25, 0.3) is 0 Å². The highest BCUT2D eigenvalue weighted by atomic mass is 16.8. The van der Waals surface area contributed by atoms with E-state index in [-0.39, 0.29) is 36.9 Å². The highest BCUT2D eigenvalue weighted by Crippen LogP contribution is 2.42. The Morgan fingerprint density at radius 1 is 1.11 bits per heavy atom. The quantitative estimate of drug-likeness (QED) is 0.236.